The zero-order valence-corrected chi connectivity index (χ0v) is 12.4. The number of hydrogen-bond acceptors (Lipinski definition) is 3. The summed E-state index contributed by atoms with van der Waals surface area (Å²) >= 11 is 12.3. The van der Waals surface area contributed by atoms with Gasteiger partial charge in [-0.15, -0.1) is 0 Å². The summed E-state index contributed by atoms with van der Waals surface area (Å²) in [6.45, 7) is 0. The summed E-state index contributed by atoms with van der Waals surface area (Å²) in [5, 5.41) is 4.70. The summed E-state index contributed by atoms with van der Waals surface area (Å²) in [6, 6.07) is 5.46. The van der Waals surface area contributed by atoms with E-state index >= 15 is 0 Å². The minimum absolute atomic E-state index is 0.483. The second-order valence-corrected chi connectivity index (χ2v) is 5.19. The van der Waals surface area contributed by atoms with Gasteiger partial charge in [-0.1, -0.05) is 46.6 Å². The monoisotopic (exact) mass is 316 g/mol. The van der Waals surface area contributed by atoms with Crippen molar-refractivity contribution in [3.8, 4) is 0 Å². The third-order valence-electron chi connectivity index (χ3n) is 3.07. The molecule has 0 amide bonds. The van der Waals surface area contributed by atoms with E-state index in [0.717, 1.165) is 16.7 Å². The molecule has 0 N–H and O–H groups in total. The van der Waals surface area contributed by atoms with E-state index in [1.807, 2.05) is 30.4 Å². The van der Waals surface area contributed by atoms with Crippen molar-refractivity contribution in [1.29, 1.82) is 0 Å². The van der Waals surface area contributed by atoms with Crippen LogP contribution in [0.4, 0.5) is 0 Å². The second-order valence-electron chi connectivity index (χ2n) is 4.41. The van der Waals surface area contributed by atoms with Crippen LogP contribution in [0.2, 0.25) is 10.0 Å². The molecule has 0 unspecified atom stereocenters. The SMILES string of the molecule is Clc1cccc(/C2=C/C=C(/c3cnoc3)CC=C=N2)c1Cl. The maximum Gasteiger partial charge on any atom is 0.131 e. The fraction of sp³-hybridized carbons (Fsp3) is 0.0625. The van der Waals surface area contributed by atoms with Crippen LogP contribution in [0.5, 0.6) is 0 Å². The molecule has 5 heteroatoms. The van der Waals surface area contributed by atoms with Crippen molar-refractivity contribution in [3.05, 3.63) is 70.1 Å². The average molecular weight is 317 g/mol. The molecule has 3 nitrogen and oxygen atoms in total. The summed E-state index contributed by atoms with van der Waals surface area (Å²) in [7, 11) is 0. The van der Waals surface area contributed by atoms with Crippen molar-refractivity contribution >= 4 is 40.3 Å². The molecule has 2 aromatic rings. The third kappa shape index (κ3) is 3.01. The Hall–Kier alpha value is -2.06. The Morgan fingerprint density at radius 3 is 2.90 bits per heavy atom. The molecule has 104 valence electrons. The Bertz CT molecular complexity index is 783. The Balaban J connectivity index is 2.06. The summed E-state index contributed by atoms with van der Waals surface area (Å²) < 4.78 is 4.88. The molecule has 21 heavy (non-hydrogen) atoms. The van der Waals surface area contributed by atoms with Gasteiger partial charge in [0.25, 0.3) is 0 Å². The number of allylic oxidation sites excluding steroid dienone is 4. The van der Waals surface area contributed by atoms with Crippen molar-refractivity contribution in [3.63, 3.8) is 0 Å². The van der Waals surface area contributed by atoms with Crippen LogP contribution in [-0.4, -0.2) is 11.0 Å². The maximum absolute atomic E-state index is 6.24. The van der Waals surface area contributed by atoms with E-state index in [0.29, 0.717) is 22.2 Å². The van der Waals surface area contributed by atoms with Gasteiger partial charge < -0.3 is 4.52 Å². The molecule has 0 saturated heterocycles. The van der Waals surface area contributed by atoms with Gasteiger partial charge in [0.15, 0.2) is 0 Å². The lowest BCUT2D eigenvalue weighted by Gasteiger charge is -2.06. The average Bonchev–Trinajstić information content (AvgIpc) is 2.97. The van der Waals surface area contributed by atoms with Crippen molar-refractivity contribution in [2.45, 2.75) is 6.42 Å². The minimum atomic E-state index is 0.483. The Morgan fingerprint density at radius 1 is 1.19 bits per heavy atom. The molecule has 1 aliphatic heterocycles. The number of rotatable bonds is 2. The third-order valence-corrected chi connectivity index (χ3v) is 3.89. The highest BCUT2D eigenvalue weighted by atomic mass is 35.5. The van der Waals surface area contributed by atoms with E-state index in [9.17, 15) is 0 Å². The van der Waals surface area contributed by atoms with Crippen molar-refractivity contribution < 1.29 is 4.52 Å². The fourth-order valence-electron chi connectivity index (χ4n) is 1.98. The molecule has 0 aliphatic carbocycles. The summed E-state index contributed by atoms with van der Waals surface area (Å²) in [4.78, 5) is 4.30. The molecule has 2 heterocycles. The van der Waals surface area contributed by atoms with Crippen LogP contribution < -0.4 is 0 Å². The molecule has 1 aromatic carbocycles. The van der Waals surface area contributed by atoms with E-state index in [1.165, 1.54) is 0 Å². The van der Waals surface area contributed by atoms with Gasteiger partial charge >= 0.3 is 0 Å². The molecule has 0 radical (unpaired) electrons. The molecule has 0 fully saturated rings. The van der Waals surface area contributed by atoms with Crippen LogP contribution in [0, 0.1) is 0 Å². The van der Waals surface area contributed by atoms with Gasteiger partial charge in [0.1, 0.15) is 6.26 Å². The molecule has 1 aromatic heterocycles. The first-order valence-corrected chi connectivity index (χ1v) is 7.04. The van der Waals surface area contributed by atoms with Crippen LogP contribution in [0.15, 0.2) is 58.4 Å². The lowest BCUT2D eigenvalue weighted by molar-refractivity contribution is 0.419. The Morgan fingerprint density at radius 2 is 2.10 bits per heavy atom. The van der Waals surface area contributed by atoms with Crippen molar-refractivity contribution in [2.24, 2.45) is 4.99 Å². The molecular weight excluding hydrogens is 307 g/mol. The molecule has 0 bridgehead atoms. The van der Waals surface area contributed by atoms with Crippen molar-refractivity contribution in [1.82, 2.24) is 5.16 Å². The van der Waals surface area contributed by atoms with E-state index in [4.69, 9.17) is 27.7 Å². The number of benzene rings is 1. The fourth-order valence-corrected chi connectivity index (χ4v) is 2.38. The zero-order chi connectivity index (χ0) is 14.7. The van der Waals surface area contributed by atoms with Gasteiger partial charge in [-0.25, -0.2) is 4.99 Å². The van der Waals surface area contributed by atoms with E-state index in [-0.39, 0.29) is 0 Å². The number of hydrogen-bond donors (Lipinski definition) is 0. The molecule has 1 aliphatic rings. The lowest BCUT2D eigenvalue weighted by Crippen LogP contribution is -1.87. The van der Waals surface area contributed by atoms with Gasteiger partial charge in [-0.2, -0.15) is 0 Å². The molecule has 0 atom stereocenters. The quantitative estimate of drug-likeness (QED) is 0.778. The van der Waals surface area contributed by atoms with E-state index in [1.54, 1.807) is 18.5 Å². The Kier molecular flexibility index (Phi) is 4.07. The lowest BCUT2D eigenvalue weighted by atomic mass is 10.0. The minimum Gasteiger partial charge on any atom is -0.364 e. The number of nitrogens with zero attached hydrogens (tertiary/aromatic N) is 2. The number of halogens is 2. The van der Waals surface area contributed by atoms with Gasteiger partial charge in [-0.05, 0) is 29.7 Å². The van der Waals surface area contributed by atoms with E-state index < -0.39 is 0 Å². The topological polar surface area (TPSA) is 38.4 Å². The van der Waals surface area contributed by atoms with Crippen LogP contribution in [0.25, 0.3) is 11.3 Å². The van der Waals surface area contributed by atoms with Gasteiger partial charge in [-0.3, -0.25) is 0 Å². The van der Waals surface area contributed by atoms with Crippen LogP contribution in [0.3, 0.4) is 0 Å². The zero-order valence-electron chi connectivity index (χ0n) is 10.9. The predicted molar refractivity (Wildman–Crippen MR) is 85.5 cm³/mol. The highest BCUT2D eigenvalue weighted by Crippen LogP contribution is 2.32. The number of aliphatic imine (C=N–C) groups is 1. The molecule has 3 rings (SSSR count). The second kappa shape index (κ2) is 6.15. The highest BCUT2D eigenvalue weighted by Gasteiger charge is 2.09. The maximum atomic E-state index is 6.24. The normalized spacial score (nSPS) is 19.3. The first kappa shape index (κ1) is 13.9. The highest BCUT2D eigenvalue weighted by molar-refractivity contribution is 6.43. The largest absolute Gasteiger partial charge is 0.364 e. The number of aromatic nitrogens is 1. The first-order valence-electron chi connectivity index (χ1n) is 6.28. The Labute approximate surface area is 131 Å². The van der Waals surface area contributed by atoms with Crippen LogP contribution in [-0.2, 0) is 0 Å². The van der Waals surface area contributed by atoms with Gasteiger partial charge in [0.05, 0.1) is 21.9 Å². The summed E-state index contributed by atoms with van der Waals surface area (Å²) in [6.07, 6.45) is 9.71. The standard InChI is InChI=1S/C16H10Cl2N2O/c17-14-5-1-4-13(16(14)18)15-7-6-11(3-2-8-19-15)12-9-20-21-10-12/h1-2,4-7,9-10H,3H2/b11-6+,15-7-. The molecule has 0 saturated carbocycles. The van der Waals surface area contributed by atoms with E-state index in [2.05, 4.69) is 16.0 Å². The molecule has 0 spiro atoms. The first-order chi connectivity index (χ1) is 10.3. The summed E-state index contributed by atoms with van der Waals surface area (Å²) in [5.41, 5.74) is 3.47. The van der Waals surface area contributed by atoms with Gasteiger partial charge in [0.2, 0.25) is 0 Å². The molecular formula is C16H10Cl2N2O. The van der Waals surface area contributed by atoms with Gasteiger partial charge in [0, 0.05) is 17.5 Å². The summed E-state index contributed by atoms with van der Waals surface area (Å²) in [5.74, 6) is 2.91. The van der Waals surface area contributed by atoms with Crippen LogP contribution >= 0.6 is 23.2 Å². The predicted octanol–water partition coefficient (Wildman–Crippen LogP) is 5.04. The van der Waals surface area contributed by atoms with Crippen molar-refractivity contribution in [2.75, 3.05) is 0 Å². The smallest absolute Gasteiger partial charge is 0.131 e. The van der Waals surface area contributed by atoms with Crippen LogP contribution in [0.1, 0.15) is 17.5 Å².